The number of nitrogens with zero attached hydrogens (tertiary/aromatic N) is 2. The first-order valence-electron chi connectivity index (χ1n) is 11.7. The third kappa shape index (κ3) is 5.89. The third-order valence-electron chi connectivity index (χ3n) is 6.04. The van der Waals surface area contributed by atoms with Gasteiger partial charge in [-0.2, -0.15) is 0 Å². The number of amides is 1. The Morgan fingerprint density at radius 3 is 2.79 bits per heavy atom. The lowest BCUT2D eigenvalue weighted by molar-refractivity contribution is 0.0951. The summed E-state index contributed by atoms with van der Waals surface area (Å²) < 4.78 is 5.46. The zero-order valence-corrected chi connectivity index (χ0v) is 19.6. The molecule has 0 aliphatic heterocycles. The van der Waals surface area contributed by atoms with E-state index in [1.165, 1.54) is 12.8 Å². The average molecular weight is 445 g/mol. The fourth-order valence-corrected chi connectivity index (χ4v) is 3.90. The van der Waals surface area contributed by atoms with Crippen molar-refractivity contribution < 1.29 is 9.53 Å². The van der Waals surface area contributed by atoms with Crippen LogP contribution in [0.1, 0.15) is 60.1 Å². The molecule has 1 amide bonds. The number of anilines is 1. The highest BCUT2D eigenvalue weighted by Crippen LogP contribution is 2.29. The number of nitrogens with one attached hydrogen (secondary N) is 2. The number of carbonyl (C=O) groups excluding carboxylic acids is 1. The zero-order valence-electron chi connectivity index (χ0n) is 19.6. The van der Waals surface area contributed by atoms with Gasteiger partial charge in [0.2, 0.25) is 0 Å². The fourth-order valence-electron chi connectivity index (χ4n) is 3.90. The van der Waals surface area contributed by atoms with E-state index in [0.29, 0.717) is 17.3 Å². The largest absolute Gasteiger partial charge is 0.496 e. The van der Waals surface area contributed by atoms with E-state index in [2.05, 4.69) is 28.6 Å². The van der Waals surface area contributed by atoms with Crippen molar-refractivity contribution in [3.63, 3.8) is 0 Å². The second kappa shape index (κ2) is 10.5. The monoisotopic (exact) mass is 444 g/mol. The Labute approximate surface area is 195 Å². The quantitative estimate of drug-likeness (QED) is 0.428. The first-order valence-corrected chi connectivity index (χ1v) is 11.7. The Kier molecular flexibility index (Phi) is 7.23. The highest BCUT2D eigenvalue weighted by molar-refractivity contribution is 5.94. The van der Waals surface area contributed by atoms with E-state index in [-0.39, 0.29) is 11.9 Å². The number of carbonyl (C=O) groups is 1. The van der Waals surface area contributed by atoms with Crippen LogP contribution in [0.15, 0.2) is 54.9 Å². The lowest BCUT2D eigenvalue weighted by atomic mass is 9.99. The SMILES string of the molecule is CCCC(Nc1cncc(-c2ccc(C)c(OC)c2)n1)c1cccc(C(=O)NCC2CC2)c1. The molecule has 1 saturated carbocycles. The van der Waals surface area contributed by atoms with Crippen LogP contribution in [0.3, 0.4) is 0 Å². The molecule has 172 valence electrons. The summed E-state index contributed by atoms with van der Waals surface area (Å²) in [5, 5.41) is 6.59. The van der Waals surface area contributed by atoms with Crippen LogP contribution < -0.4 is 15.4 Å². The zero-order chi connectivity index (χ0) is 23.2. The molecule has 2 aromatic carbocycles. The van der Waals surface area contributed by atoms with Crippen LogP contribution in [0.4, 0.5) is 5.82 Å². The van der Waals surface area contributed by atoms with Crippen molar-refractivity contribution in [2.24, 2.45) is 5.92 Å². The van der Waals surface area contributed by atoms with Crippen molar-refractivity contribution in [2.45, 2.75) is 45.6 Å². The predicted octanol–water partition coefficient (Wildman–Crippen LogP) is 5.55. The summed E-state index contributed by atoms with van der Waals surface area (Å²) in [6, 6.07) is 13.9. The normalized spacial score (nSPS) is 13.9. The van der Waals surface area contributed by atoms with E-state index in [4.69, 9.17) is 9.72 Å². The molecule has 6 heteroatoms. The molecule has 1 aliphatic rings. The van der Waals surface area contributed by atoms with E-state index in [9.17, 15) is 4.79 Å². The molecule has 1 atom stereocenters. The molecule has 0 radical (unpaired) electrons. The van der Waals surface area contributed by atoms with E-state index in [1.807, 2.05) is 43.3 Å². The van der Waals surface area contributed by atoms with E-state index >= 15 is 0 Å². The highest BCUT2D eigenvalue weighted by Gasteiger charge is 2.22. The molecule has 1 fully saturated rings. The molecule has 33 heavy (non-hydrogen) atoms. The van der Waals surface area contributed by atoms with Crippen LogP contribution in [0.25, 0.3) is 11.3 Å². The Hall–Kier alpha value is -3.41. The minimum atomic E-state index is -0.00546. The van der Waals surface area contributed by atoms with Crippen molar-refractivity contribution in [2.75, 3.05) is 19.0 Å². The van der Waals surface area contributed by atoms with Crippen LogP contribution in [-0.4, -0.2) is 29.5 Å². The van der Waals surface area contributed by atoms with Crippen molar-refractivity contribution >= 4 is 11.7 Å². The Balaban J connectivity index is 1.53. The summed E-state index contributed by atoms with van der Waals surface area (Å²) in [6.45, 7) is 4.94. The third-order valence-corrected chi connectivity index (χ3v) is 6.04. The van der Waals surface area contributed by atoms with Crippen LogP contribution in [0.5, 0.6) is 5.75 Å². The maximum atomic E-state index is 12.6. The van der Waals surface area contributed by atoms with Gasteiger partial charge in [-0.3, -0.25) is 9.78 Å². The molecule has 1 heterocycles. The number of benzene rings is 2. The molecular weight excluding hydrogens is 412 g/mol. The summed E-state index contributed by atoms with van der Waals surface area (Å²) in [5.74, 6) is 2.18. The topological polar surface area (TPSA) is 76.1 Å². The maximum absolute atomic E-state index is 12.6. The van der Waals surface area contributed by atoms with Gasteiger partial charge in [-0.05, 0) is 61.4 Å². The van der Waals surface area contributed by atoms with Gasteiger partial charge < -0.3 is 15.4 Å². The number of hydrogen-bond acceptors (Lipinski definition) is 5. The minimum absolute atomic E-state index is 0.00546. The Morgan fingerprint density at radius 1 is 1.18 bits per heavy atom. The van der Waals surface area contributed by atoms with Gasteiger partial charge in [0.25, 0.3) is 5.91 Å². The number of ether oxygens (including phenoxy) is 1. The first kappa shape index (κ1) is 22.8. The predicted molar refractivity (Wildman–Crippen MR) is 132 cm³/mol. The van der Waals surface area contributed by atoms with Crippen LogP contribution in [-0.2, 0) is 0 Å². The molecule has 1 unspecified atom stereocenters. The standard InChI is InChI=1S/C27H32N4O2/c1-4-6-23(20-7-5-8-22(13-20)27(32)29-15-19-10-11-19)30-26-17-28-16-24(31-26)21-12-9-18(2)25(14-21)33-3/h5,7-9,12-14,16-17,19,23H,4,6,10-11,15H2,1-3H3,(H,29,32)(H,30,31). The summed E-state index contributed by atoms with van der Waals surface area (Å²) in [7, 11) is 1.67. The second-order valence-electron chi connectivity index (χ2n) is 8.74. The summed E-state index contributed by atoms with van der Waals surface area (Å²) in [4.78, 5) is 21.8. The van der Waals surface area contributed by atoms with Crippen LogP contribution in [0.2, 0.25) is 0 Å². The first-order chi connectivity index (χ1) is 16.1. The molecule has 4 rings (SSSR count). The van der Waals surface area contributed by atoms with Gasteiger partial charge in [-0.15, -0.1) is 0 Å². The van der Waals surface area contributed by atoms with Gasteiger partial charge in [-0.25, -0.2) is 4.98 Å². The van der Waals surface area contributed by atoms with Gasteiger partial charge in [0.05, 0.1) is 31.2 Å². The molecule has 0 bridgehead atoms. The van der Waals surface area contributed by atoms with E-state index in [1.54, 1.807) is 19.5 Å². The maximum Gasteiger partial charge on any atom is 0.251 e. The van der Waals surface area contributed by atoms with Crippen LogP contribution in [0, 0.1) is 12.8 Å². The summed E-state index contributed by atoms with van der Waals surface area (Å²) in [6.07, 6.45) is 7.85. The van der Waals surface area contributed by atoms with Gasteiger partial charge in [0.1, 0.15) is 11.6 Å². The molecule has 0 saturated heterocycles. The molecule has 1 aliphatic carbocycles. The van der Waals surface area contributed by atoms with E-state index < -0.39 is 0 Å². The lowest BCUT2D eigenvalue weighted by Crippen LogP contribution is -2.25. The molecule has 0 spiro atoms. The Bertz CT molecular complexity index is 1110. The summed E-state index contributed by atoms with van der Waals surface area (Å²) in [5.41, 5.74) is 4.58. The van der Waals surface area contributed by atoms with Crippen LogP contribution >= 0.6 is 0 Å². The highest BCUT2D eigenvalue weighted by atomic mass is 16.5. The second-order valence-corrected chi connectivity index (χ2v) is 8.74. The van der Waals surface area contributed by atoms with Gasteiger partial charge in [0.15, 0.2) is 0 Å². The van der Waals surface area contributed by atoms with Crippen molar-refractivity contribution in [3.05, 3.63) is 71.5 Å². The molecule has 6 nitrogen and oxygen atoms in total. The molecule has 3 aromatic rings. The molecule has 2 N–H and O–H groups in total. The molecule has 1 aromatic heterocycles. The lowest BCUT2D eigenvalue weighted by Gasteiger charge is -2.20. The number of aryl methyl sites for hydroxylation is 1. The number of rotatable bonds is 10. The van der Waals surface area contributed by atoms with Crippen molar-refractivity contribution in [1.29, 1.82) is 0 Å². The fraction of sp³-hybridized carbons (Fsp3) is 0.370. The number of methoxy groups -OCH3 is 1. The van der Waals surface area contributed by atoms with Gasteiger partial charge in [-0.1, -0.05) is 37.6 Å². The van der Waals surface area contributed by atoms with E-state index in [0.717, 1.165) is 47.5 Å². The minimum Gasteiger partial charge on any atom is -0.496 e. The van der Waals surface area contributed by atoms with Crippen molar-refractivity contribution in [3.8, 4) is 17.0 Å². The molecular formula is C27H32N4O2. The van der Waals surface area contributed by atoms with Gasteiger partial charge >= 0.3 is 0 Å². The van der Waals surface area contributed by atoms with Gasteiger partial charge in [0, 0.05) is 17.7 Å². The summed E-state index contributed by atoms with van der Waals surface area (Å²) >= 11 is 0. The average Bonchev–Trinajstić information content (AvgIpc) is 3.67. The smallest absolute Gasteiger partial charge is 0.251 e. The Morgan fingerprint density at radius 2 is 2.03 bits per heavy atom. The van der Waals surface area contributed by atoms with Crippen molar-refractivity contribution in [1.82, 2.24) is 15.3 Å². The number of hydrogen-bond donors (Lipinski definition) is 2. The number of aromatic nitrogens is 2.